The molecule has 1 aliphatic heterocycles. The summed E-state index contributed by atoms with van der Waals surface area (Å²) >= 11 is 0. The Hall–Kier alpha value is -2.61. The molecule has 24 heavy (non-hydrogen) atoms. The molecule has 0 saturated carbocycles. The van der Waals surface area contributed by atoms with Gasteiger partial charge in [-0.05, 0) is 0 Å². The van der Waals surface area contributed by atoms with Gasteiger partial charge in [0.05, 0.1) is 20.0 Å². The number of rotatable bonds is 4. The maximum atomic E-state index is 12.0. The smallest absolute Gasteiger partial charge is 0.280 e. The van der Waals surface area contributed by atoms with Gasteiger partial charge in [-0.15, -0.1) is 0 Å². The summed E-state index contributed by atoms with van der Waals surface area (Å²) in [5, 5.41) is 39.6. The van der Waals surface area contributed by atoms with E-state index in [1.165, 1.54) is 4.57 Å². The van der Waals surface area contributed by atoms with Crippen molar-refractivity contribution in [3.8, 4) is 0 Å². The number of nitrogens with one attached hydrogen (secondary N) is 1. The summed E-state index contributed by atoms with van der Waals surface area (Å²) in [6.45, 7) is -0.523. The van der Waals surface area contributed by atoms with Gasteiger partial charge in [0, 0.05) is 0 Å². The van der Waals surface area contributed by atoms with Crippen molar-refractivity contribution in [3.05, 3.63) is 26.8 Å². The van der Waals surface area contributed by atoms with Gasteiger partial charge < -0.3 is 20.1 Å². The molecule has 2 aromatic heterocycles. The van der Waals surface area contributed by atoms with Crippen molar-refractivity contribution < 1.29 is 25.1 Å². The Morgan fingerprint density at radius 3 is 2.79 bits per heavy atom. The minimum absolute atomic E-state index is 0.0720. The van der Waals surface area contributed by atoms with Crippen LogP contribution >= 0.6 is 0 Å². The van der Waals surface area contributed by atoms with Crippen LogP contribution in [0.1, 0.15) is 6.23 Å². The summed E-state index contributed by atoms with van der Waals surface area (Å²) in [5.74, 6) is -0.342. The Balaban J connectivity index is 2.10. The lowest BCUT2D eigenvalue weighted by molar-refractivity contribution is -0.491. The van der Waals surface area contributed by atoms with Crippen LogP contribution < -0.4 is 10.6 Å². The third-order valence-electron chi connectivity index (χ3n) is 3.76. The number of aliphatic hydroxyl groups excluding tert-OH is 3. The van der Waals surface area contributed by atoms with Crippen molar-refractivity contribution in [2.24, 2.45) is 0 Å². The van der Waals surface area contributed by atoms with Crippen LogP contribution in [-0.2, 0) is 4.74 Å². The molecule has 4 N–H and O–H groups in total. The fourth-order valence-corrected chi connectivity index (χ4v) is 2.44. The monoisotopic (exact) mass is 342 g/mol. The Bertz CT molecular complexity index is 834. The number of ether oxygens (including phenoxy) is 1. The SMILES string of the molecule is CN(c1nc2c(ncn2[C@@H]2O[C@H](CO)[C@@H](O)[C@H]2O)c(=O)[nH]1)[N+](=O)[O-]. The minimum Gasteiger partial charge on any atom is -0.394 e. The van der Waals surface area contributed by atoms with E-state index in [1.807, 2.05) is 0 Å². The largest absolute Gasteiger partial charge is 0.394 e. The van der Waals surface area contributed by atoms with E-state index in [0.29, 0.717) is 5.01 Å². The summed E-state index contributed by atoms with van der Waals surface area (Å²) < 4.78 is 6.52. The van der Waals surface area contributed by atoms with Crippen LogP contribution in [0.2, 0.25) is 0 Å². The molecule has 1 fully saturated rings. The molecule has 13 nitrogen and oxygen atoms in total. The third-order valence-corrected chi connectivity index (χ3v) is 3.76. The lowest BCUT2D eigenvalue weighted by Crippen LogP contribution is -2.33. The molecule has 0 unspecified atom stereocenters. The molecule has 13 heteroatoms. The number of aromatic nitrogens is 4. The normalized spacial score (nSPS) is 26.8. The number of fused-ring (bicyclic) bond motifs is 1. The third kappa shape index (κ3) is 2.39. The van der Waals surface area contributed by atoms with Gasteiger partial charge in [-0.25, -0.2) is 15.1 Å². The molecule has 0 radical (unpaired) electrons. The van der Waals surface area contributed by atoms with E-state index in [9.17, 15) is 25.1 Å². The Morgan fingerprint density at radius 2 is 2.21 bits per heavy atom. The van der Waals surface area contributed by atoms with Crippen LogP contribution in [0.5, 0.6) is 0 Å². The molecule has 3 rings (SSSR count). The maximum absolute atomic E-state index is 12.0. The van der Waals surface area contributed by atoms with Crippen LogP contribution in [0.3, 0.4) is 0 Å². The molecule has 1 saturated heterocycles. The molecule has 4 atom stereocenters. The molecule has 0 aromatic carbocycles. The summed E-state index contributed by atoms with van der Waals surface area (Å²) in [4.78, 5) is 32.9. The zero-order valence-electron chi connectivity index (χ0n) is 12.3. The van der Waals surface area contributed by atoms with E-state index in [2.05, 4.69) is 15.0 Å². The number of aliphatic hydroxyl groups is 3. The Labute approximate surface area is 132 Å². The standard InChI is InChI=1S/C11H14N6O7/c1-15(17(22)23)11-13-8-5(9(21)14-11)12-3-16(8)10-7(20)6(19)4(2-18)24-10/h3-4,6-7,10,18-20H,2H2,1H3,(H,13,14,21)/t4-,6-,7-,10-/m1/s1. The average Bonchev–Trinajstić information content (AvgIpc) is 3.09. The molecule has 0 aliphatic carbocycles. The Morgan fingerprint density at radius 1 is 1.50 bits per heavy atom. The second-order valence-electron chi connectivity index (χ2n) is 5.20. The van der Waals surface area contributed by atoms with E-state index in [-0.39, 0.29) is 17.1 Å². The van der Waals surface area contributed by atoms with Crippen LogP contribution in [0, 0.1) is 10.1 Å². The highest BCUT2D eigenvalue weighted by Crippen LogP contribution is 2.30. The quantitative estimate of drug-likeness (QED) is 0.339. The first-order valence-corrected chi connectivity index (χ1v) is 6.82. The van der Waals surface area contributed by atoms with E-state index in [1.54, 1.807) is 0 Å². The highest BCUT2D eigenvalue weighted by molar-refractivity contribution is 5.70. The second kappa shape index (κ2) is 5.79. The van der Waals surface area contributed by atoms with Crippen molar-refractivity contribution in [2.75, 3.05) is 18.7 Å². The number of imidazole rings is 1. The van der Waals surface area contributed by atoms with Crippen molar-refractivity contribution >= 4 is 17.1 Å². The van der Waals surface area contributed by atoms with Crippen molar-refractivity contribution in [1.29, 1.82) is 0 Å². The zero-order valence-corrected chi connectivity index (χ0v) is 12.3. The number of anilines is 1. The predicted octanol–water partition coefficient (Wildman–Crippen LogP) is -2.64. The van der Waals surface area contributed by atoms with Crippen LogP contribution in [0.15, 0.2) is 11.1 Å². The first-order chi connectivity index (χ1) is 11.3. The maximum Gasteiger partial charge on any atom is 0.280 e. The number of hydrazine groups is 1. The van der Waals surface area contributed by atoms with Crippen LogP contribution in [-0.4, -0.2) is 71.8 Å². The number of H-pyrrole nitrogens is 1. The topological polar surface area (TPSA) is 180 Å². The molecule has 0 bridgehead atoms. The predicted molar refractivity (Wildman–Crippen MR) is 76.6 cm³/mol. The van der Waals surface area contributed by atoms with Gasteiger partial charge in [0.1, 0.15) is 18.3 Å². The molecule has 0 amide bonds. The van der Waals surface area contributed by atoms with Gasteiger partial charge >= 0.3 is 0 Å². The lowest BCUT2D eigenvalue weighted by Gasteiger charge is -2.16. The second-order valence-corrected chi connectivity index (χ2v) is 5.20. The van der Waals surface area contributed by atoms with Gasteiger partial charge in [0.2, 0.25) is 0 Å². The van der Waals surface area contributed by atoms with Crippen molar-refractivity contribution in [1.82, 2.24) is 19.5 Å². The summed E-state index contributed by atoms with van der Waals surface area (Å²) in [5.41, 5.74) is -0.903. The molecule has 3 heterocycles. The first-order valence-electron chi connectivity index (χ1n) is 6.82. The number of nitro groups is 1. The van der Waals surface area contributed by atoms with Crippen LogP contribution in [0.25, 0.3) is 11.2 Å². The number of hydrogen-bond acceptors (Lipinski definition) is 9. The van der Waals surface area contributed by atoms with E-state index >= 15 is 0 Å². The van der Waals surface area contributed by atoms with Gasteiger partial charge in [-0.2, -0.15) is 4.98 Å². The summed E-state index contributed by atoms with van der Waals surface area (Å²) in [6.07, 6.45) is -3.78. The fraction of sp³-hybridized carbons (Fsp3) is 0.545. The Kier molecular flexibility index (Phi) is 3.92. The molecule has 1 aliphatic rings. The molecule has 130 valence electrons. The number of nitrogens with zero attached hydrogens (tertiary/aromatic N) is 5. The number of hydrogen-bond donors (Lipinski definition) is 4. The fourth-order valence-electron chi connectivity index (χ4n) is 2.44. The van der Waals surface area contributed by atoms with E-state index in [0.717, 1.165) is 13.4 Å². The lowest BCUT2D eigenvalue weighted by atomic mass is 10.1. The minimum atomic E-state index is -1.41. The first kappa shape index (κ1) is 16.3. The zero-order chi connectivity index (χ0) is 17.6. The van der Waals surface area contributed by atoms with Gasteiger partial charge in [-0.1, -0.05) is 5.01 Å². The number of aromatic amines is 1. The summed E-state index contributed by atoms with van der Waals surface area (Å²) in [6, 6.07) is 0. The van der Waals surface area contributed by atoms with Crippen molar-refractivity contribution in [2.45, 2.75) is 24.5 Å². The molecule has 0 spiro atoms. The van der Waals surface area contributed by atoms with Crippen molar-refractivity contribution in [3.63, 3.8) is 0 Å². The highest BCUT2D eigenvalue weighted by atomic mass is 16.7. The van der Waals surface area contributed by atoms with E-state index < -0.39 is 41.7 Å². The molecule has 2 aromatic rings. The van der Waals surface area contributed by atoms with E-state index in [4.69, 9.17) is 9.84 Å². The molecular formula is C11H14N6O7. The average molecular weight is 342 g/mol. The van der Waals surface area contributed by atoms with Gasteiger partial charge in [-0.3, -0.25) is 14.3 Å². The molecular weight excluding hydrogens is 328 g/mol. The van der Waals surface area contributed by atoms with Crippen LogP contribution in [0.4, 0.5) is 5.95 Å². The van der Waals surface area contributed by atoms with Gasteiger partial charge in [0.15, 0.2) is 22.4 Å². The highest BCUT2D eigenvalue weighted by Gasteiger charge is 2.44. The summed E-state index contributed by atoms with van der Waals surface area (Å²) in [7, 11) is 1.09. The van der Waals surface area contributed by atoms with Gasteiger partial charge in [0.25, 0.3) is 11.5 Å².